The van der Waals surface area contributed by atoms with E-state index >= 15 is 0 Å². The molecule has 0 amide bonds. The molecule has 1 saturated heterocycles. The summed E-state index contributed by atoms with van der Waals surface area (Å²) in [6, 6.07) is 6.50. The highest BCUT2D eigenvalue weighted by atomic mass is 32.2. The normalized spacial score (nSPS) is 16.1. The Labute approximate surface area is 136 Å². The topological polar surface area (TPSA) is 55.0 Å². The first-order chi connectivity index (χ1) is 10.4. The van der Waals surface area contributed by atoms with Crippen LogP contribution in [0.2, 0.25) is 0 Å². The van der Waals surface area contributed by atoms with Crippen LogP contribution in [0, 0.1) is 12.8 Å². The van der Waals surface area contributed by atoms with Crippen LogP contribution in [0.4, 0.5) is 5.82 Å². The lowest BCUT2D eigenvalue weighted by molar-refractivity contribution is 0.418. The summed E-state index contributed by atoms with van der Waals surface area (Å²) < 4.78 is 0.195. The van der Waals surface area contributed by atoms with E-state index in [0.29, 0.717) is 5.92 Å². The lowest BCUT2D eigenvalue weighted by Gasteiger charge is -2.40. The molecule has 0 atom stereocenters. The minimum atomic E-state index is 0.195. The van der Waals surface area contributed by atoms with Gasteiger partial charge in [0, 0.05) is 34.0 Å². The molecule has 5 heteroatoms. The van der Waals surface area contributed by atoms with Gasteiger partial charge in [-0.1, -0.05) is 20.8 Å². The molecule has 0 saturated carbocycles. The molecule has 0 bridgehead atoms. The Balaban J connectivity index is 2.00. The molecule has 0 unspecified atom stereocenters. The summed E-state index contributed by atoms with van der Waals surface area (Å²) in [7, 11) is 0. The minimum Gasteiger partial charge on any atom is -0.355 e. The molecule has 2 aromatic rings. The van der Waals surface area contributed by atoms with Gasteiger partial charge in [0.1, 0.15) is 11.6 Å². The SMILES string of the molecule is Cc1nc(N2CC(CN)C2)c2cc(SC(C)(C)C)ccc2n1. The van der Waals surface area contributed by atoms with E-state index in [1.165, 1.54) is 4.90 Å². The number of aryl methyl sites for hydroxylation is 1. The monoisotopic (exact) mass is 316 g/mol. The number of hydrogen-bond acceptors (Lipinski definition) is 5. The number of anilines is 1. The molecule has 1 aromatic carbocycles. The summed E-state index contributed by atoms with van der Waals surface area (Å²) in [5.74, 6) is 2.48. The molecule has 3 rings (SSSR count). The van der Waals surface area contributed by atoms with Gasteiger partial charge < -0.3 is 10.6 Å². The van der Waals surface area contributed by atoms with Gasteiger partial charge in [0.25, 0.3) is 0 Å². The molecule has 22 heavy (non-hydrogen) atoms. The maximum atomic E-state index is 5.75. The molecular weight excluding hydrogens is 292 g/mol. The molecule has 1 aliphatic rings. The summed E-state index contributed by atoms with van der Waals surface area (Å²) in [6.45, 7) is 11.4. The highest BCUT2D eigenvalue weighted by molar-refractivity contribution is 8.00. The molecule has 2 N–H and O–H groups in total. The minimum absolute atomic E-state index is 0.195. The van der Waals surface area contributed by atoms with Gasteiger partial charge in [0.05, 0.1) is 5.52 Å². The number of nitrogens with two attached hydrogens (primary N) is 1. The van der Waals surface area contributed by atoms with Gasteiger partial charge in [-0.3, -0.25) is 0 Å². The molecule has 1 aliphatic heterocycles. The molecule has 0 aliphatic carbocycles. The van der Waals surface area contributed by atoms with Gasteiger partial charge in [0.15, 0.2) is 0 Å². The van der Waals surface area contributed by atoms with Crippen LogP contribution in [0.1, 0.15) is 26.6 Å². The summed E-state index contributed by atoms with van der Waals surface area (Å²) in [5, 5.41) is 1.15. The zero-order chi connectivity index (χ0) is 15.9. The lowest BCUT2D eigenvalue weighted by Crippen LogP contribution is -2.50. The van der Waals surface area contributed by atoms with Crippen molar-refractivity contribution in [3.63, 3.8) is 0 Å². The summed E-state index contributed by atoms with van der Waals surface area (Å²) in [5.41, 5.74) is 6.77. The van der Waals surface area contributed by atoms with Crippen LogP contribution in [-0.4, -0.2) is 34.3 Å². The van der Waals surface area contributed by atoms with Crippen molar-refractivity contribution in [2.45, 2.75) is 37.3 Å². The second-order valence-corrected chi connectivity index (χ2v) is 8.89. The first kappa shape index (κ1) is 15.6. The third kappa shape index (κ3) is 3.20. The Morgan fingerprint density at radius 3 is 2.64 bits per heavy atom. The number of thioether (sulfide) groups is 1. The van der Waals surface area contributed by atoms with Gasteiger partial charge in [-0.05, 0) is 31.7 Å². The quantitative estimate of drug-likeness (QED) is 0.881. The van der Waals surface area contributed by atoms with Crippen molar-refractivity contribution in [3.05, 3.63) is 24.0 Å². The van der Waals surface area contributed by atoms with Gasteiger partial charge in [-0.15, -0.1) is 11.8 Å². The van der Waals surface area contributed by atoms with Crippen molar-refractivity contribution in [2.24, 2.45) is 11.7 Å². The van der Waals surface area contributed by atoms with Crippen LogP contribution in [-0.2, 0) is 0 Å². The fraction of sp³-hybridized carbons (Fsp3) is 0.529. The average Bonchev–Trinajstić information content (AvgIpc) is 2.36. The zero-order valence-corrected chi connectivity index (χ0v) is 14.6. The van der Waals surface area contributed by atoms with E-state index in [9.17, 15) is 0 Å². The standard InChI is InChI=1S/C17H24N4S/c1-11-19-15-6-5-13(22-17(2,3)4)7-14(15)16(20-11)21-9-12(8-18)10-21/h5-7,12H,8-10,18H2,1-4H3. The molecule has 2 heterocycles. The smallest absolute Gasteiger partial charge is 0.140 e. The number of rotatable bonds is 3. The Bertz CT molecular complexity index is 687. The van der Waals surface area contributed by atoms with E-state index in [0.717, 1.165) is 42.2 Å². The first-order valence-corrected chi connectivity index (χ1v) is 8.60. The summed E-state index contributed by atoms with van der Waals surface area (Å²) in [4.78, 5) is 12.9. The Morgan fingerprint density at radius 1 is 1.27 bits per heavy atom. The van der Waals surface area contributed by atoms with Gasteiger partial charge in [0.2, 0.25) is 0 Å². The predicted molar refractivity (Wildman–Crippen MR) is 94.6 cm³/mol. The van der Waals surface area contributed by atoms with Crippen LogP contribution >= 0.6 is 11.8 Å². The molecular formula is C17H24N4S. The predicted octanol–water partition coefficient (Wildman–Crippen LogP) is 3.22. The van der Waals surface area contributed by atoms with E-state index < -0.39 is 0 Å². The van der Waals surface area contributed by atoms with Crippen molar-refractivity contribution >= 4 is 28.5 Å². The van der Waals surface area contributed by atoms with Crippen LogP contribution < -0.4 is 10.6 Å². The molecule has 0 radical (unpaired) electrons. The summed E-state index contributed by atoms with van der Waals surface area (Å²) >= 11 is 1.88. The largest absolute Gasteiger partial charge is 0.355 e. The second kappa shape index (κ2) is 5.70. The van der Waals surface area contributed by atoms with Crippen LogP contribution in [0.25, 0.3) is 10.9 Å². The average molecular weight is 316 g/mol. The summed E-state index contributed by atoms with van der Waals surface area (Å²) in [6.07, 6.45) is 0. The molecule has 118 valence electrons. The number of nitrogens with zero attached hydrogens (tertiary/aromatic N) is 3. The van der Waals surface area contributed by atoms with Gasteiger partial charge >= 0.3 is 0 Å². The maximum absolute atomic E-state index is 5.75. The lowest BCUT2D eigenvalue weighted by atomic mass is 10.00. The second-order valence-electron chi connectivity index (χ2n) is 6.99. The molecule has 1 fully saturated rings. The van der Waals surface area contributed by atoms with Crippen molar-refractivity contribution < 1.29 is 0 Å². The zero-order valence-electron chi connectivity index (χ0n) is 13.8. The highest BCUT2D eigenvalue weighted by Gasteiger charge is 2.28. The van der Waals surface area contributed by atoms with Gasteiger partial charge in [-0.25, -0.2) is 9.97 Å². The highest BCUT2D eigenvalue weighted by Crippen LogP contribution is 2.36. The third-order valence-corrected chi connectivity index (χ3v) is 4.87. The van der Waals surface area contributed by atoms with E-state index in [1.807, 2.05) is 18.7 Å². The first-order valence-electron chi connectivity index (χ1n) is 7.78. The van der Waals surface area contributed by atoms with E-state index in [4.69, 9.17) is 10.7 Å². The van der Waals surface area contributed by atoms with Crippen molar-refractivity contribution in [3.8, 4) is 0 Å². The molecule has 0 spiro atoms. The Hall–Kier alpha value is -1.33. The molecule has 4 nitrogen and oxygen atoms in total. The van der Waals surface area contributed by atoms with E-state index in [2.05, 4.69) is 48.9 Å². The van der Waals surface area contributed by atoms with E-state index in [1.54, 1.807) is 0 Å². The fourth-order valence-corrected chi connectivity index (χ4v) is 3.77. The number of aromatic nitrogens is 2. The van der Waals surface area contributed by atoms with Crippen LogP contribution in [0.3, 0.4) is 0 Å². The Morgan fingerprint density at radius 2 is 2.00 bits per heavy atom. The van der Waals surface area contributed by atoms with Gasteiger partial charge in [-0.2, -0.15) is 0 Å². The van der Waals surface area contributed by atoms with Crippen molar-refractivity contribution in [1.29, 1.82) is 0 Å². The van der Waals surface area contributed by atoms with E-state index in [-0.39, 0.29) is 4.75 Å². The third-order valence-electron chi connectivity index (χ3n) is 3.77. The van der Waals surface area contributed by atoms with Crippen molar-refractivity contribution in [1.82, 2.24) is 9.97 Å². The maximum Gasteiger partial charge on any atom is 0.140 e. The number of fused-ring (bicyclic) bond motifs is 1. The number of hydrogen-bond donors (Lipinski definition) is 1. The van der Waals surface area contributed by atoms with Crippen LogP contribution in [0.5, 0.6) is 0 Å². The fourth-order valence-electron chi connectivity index (χ4n) is 2.75. The molecule has 1 aromatic heterocycles. The number of benzene rings is 1. The van der Waals surface area contributed by atoms with Crippen molar-refractivity contribution in [2.75, 3.05) is 24.5 Å². The Kier molecular flexibility index (Phi) is 4.03. The van der Waals surface area contributed by atoms with Crippen LogP contribution in [0.15, 0.2) is 23.1 Å².